The maximum Gasteiger partial charge on any atom is 0.265 e. The van der Waals surface area contributed by atoms with E-state index in [1.807, 2.05) is 39.8 Å². The Hall–Kier alpha value is -1.77. The molecule has 1 aromatic carbocycles. The predicted molar refractivity (Wildman–Crippen MR) is 102 cm³/mol. The first-order valence-corrected chi connectivity index (χ1v) is 10.8. The molecule has 0 aliphatic carbocycles. The van der Waals surface area contributed by atoms with Crippen LogP contribution in [0.15, 0.2) is 23.1 Å². The SMILES string of the molecule is Cc1ccc(S(=O)(=O)N2CCN(C(=O)c3sc(C)nc3C)CC2)c(C)c1. The maximum atomic E-state index is 12.9. The summed E-state index contributed by atoms with van der Waals surface area (Å²) in [4.78, 5) is 19.7. The molecule has 1 aliphatic heterocycles. The van der Waals surface area contributed by atoms with Crippen LogP contribution in [-0.4, -0.2) is 54.7 Å². The molecular weight excluding hydrogens is 370 g/mol. The van der Waals surface area contributed by atoms with E-state index in [0.29, 0.717) is 36.0 Å². The topological polar surface area (TPSA) is 70.6 Å². The third-order valence-electron chi connectivity index (χ3n) is 4.57. The summed E-state index contributed by atoms with van der Waals surface area (Å²) < 4.78 is 27.3. The summed E-state index contributed by atoms with van der Waals surface area (Å²) in [5, 5.41) is 0.863. The first kappa shape index (κ1) is 19.0. The highest BCUT2D eigenvalue weighted by Crippen LogP contribution is 2.24. The minimum Gasteiger partial charge on any atom is -0.335 e. The number of thiazole rings is 1. The summed E-state index contributed by atoms with van der Waals surface area (Å²) in [7, 11) is -3.54. The summed E-state index contributed by atoms with van der Waals surface area (Å²) in [6.07, 6.45) is 0. The number of nitrogens with zero attached hydrogens (tertiary/aromatic N) is 3. The summed E-state index contributed by atoms with van der Waals surface area (Å²) in [5.74, 6) is -0.0586. The highest BCUT2D eigenvalue weighted by Gasteiger charge is 2.32. The molecule has 0 N–H and O–H groups in total. The number of rotatable bonds is 3. The van der Waals surface area contributed by atoms with Crippen LogP contribution in [0.5, 0.6) is 0 Å². The highest BCUT2D eigenvalue weighted by molar-refractivity contribution is 7.89. The van der Waals surface area contributed by atoms with E-state index in [1.54, 1.807) is 11.0 Å². The first-order chi connectivity index (χ1) is 12.2. The molecule has 1 aromatic heterocycles. The minimum absolute atomic E-state index is 0.0586. The highest BCUT2D eigenvalue weighted by atomic mass is 32.2. The number of sulfonamides is 1. The zero-order valence-electron chi connectivity index (χ0n) is 15.4. The van der Waals surface area contributed by atoms with Crippen LogP contribution in [-0.2, 0) is 10.0 Å². The van der Waals surface area contributed by atoms with Gasteiger partial charge in [-0.1, -0.05) is 17.7 Å². The van der Waals surface area contributed by atoms with E-state index in [2.05, 4.69) is 4.98 Å². The molecule has 1 fully saturated rings. The molecule has 0 radical (unpaired) electrons. The zero-order chi connectivity index (χ0) is 19.1. The molecule has 1 aliphatic rings. The summed E-state index contributed by atoms with van der Waals surface area (Å²) in [6.45, 7) is 8.85. The number of aromatic nitrogens is 1. The predicted octanol–water partition coefficient (Wildman–Crippen LogP) is 2.52. The molecule has 140 valence electrons. The van der Waals surface area contributed by atoms with Crippen LogP contribution in [0.4, 0.5) is 0 Å². The lowest BCUT2D eigenvalue weighted by Crippen LogP contribution is -2.50. The number of carbonyl (C=O) groups excluding carboxylic acids is 1. The molecule has 3 rings (SSSR count). The number of hydrogen-bond donors (Lipinski definition) is 0. The van der Waals surface area contributed by atoms with E-state index in [1.165, 1.54) is 15.6 Å². The van der Waals surface area contributed by atoms with Crippen molar-refractivity contribution in [2.45, 2.75) is 32.6 Å². The standard InChI is InChI=1S/C18H23N3O3S2/c1-12-5-6-16(13(2)11-12)26(23,24)21-9-7-20(8-10-21)18(22)17-14(3)19-15(4)25-17/h5-6,11H,7-10H2,1-4H3. The van der Waals surface area contributed by atoms with E-state index in [9.17, 15) is 13.2 Å². The fraction of sp³-hybridized carbons (Fsp3) is 0.444. The lowest BCUT2D eigenvalue weighted by molar-refractivity contribution is 0.0702. The van der Waals surface area contributed by atoms with Crippen molar-refractivity contribution in [3.05, 3.63) is 44.9 Å². The van der Waals surface area contributed by atoms with Crippen LogP contribution in [0, 0.1) is 27.7 Å². The monoisotopic (exact) mass is 393 g/mol. The molecule has 2 aromatic rings. The number of piperazine rings is 1. The quantitative estimate of drug-likeness (QED) is 0.803. The average Bonchev–Trinajstić information content (AvgIpc) is 2.92. The normalized spacial score (nSPS) is 16.1. The number of benzene rings is 1. The fourth-order valence-corrected chi connectivity index (χ4v) is 5.75. The van der Waals surface area contributed by atoms with E-state index < -0.39 is 10.0 Å². The maximum absolute atomic E-state index is 12.9. The van der Waals surface area contributed by atoms with E-state index >= 15 is 0 Å². The molecule has 0 bridgehead atoms. The third-order valence-corrected chi connectivity index (χ3v) is 7.69. The first-order valence-electron chi connectivity index (χ1n) is 8.51. The number of hydrogen-bond acceptors (Lipinski definition) is 5. The molecule has 1 amide bonds. The Kier molecular flexibility index (Phi) is 5.18. The fourth-order valence-electron chi connectivity index (χ4n) is 3.23. The van der Waals surface area contributed by atoms with Crippen LogP contribution in [0.2, 0.25) is 0 Å². The smallest absolute Gasteiger partial charge is 0.265 e. The van der Waals surface area contributed by atoms with E-state index in [-0.39, 0.29) is 5.91 Å². The molecule has 0 spiro atoms. The lowest BCUT2D eigenvalue weighted by atomic mass is 10.2. The van der Waals surface area contributed by atoms with Crippen molar-refractivity contribution in [1.82, 2.24) is 14.2 Å². The van der Waals surface area contributed by atoms with Gasteiger partial charge in [-0.25, -0.2) is 13.4 Å². The summed E-state index contributed by atoms with van der Waals surface area (Å²) in [5.41, 5.74) is 2.52. The van der Waals surface area contributed by atoms with Crippen molar-refractivity contribution in [3.8, 4) is 0 Å². The number of carbonyl (C=O) groups is 1. The van der Waals surface area contributed by atoms with Crippen LogP contribution in [0.1, 0.15) is 31.5 Å². The molecule has 8 heteroatoms. The van der Waals surface area contributed by atoms with Gasteiger partial charge in [-0.15, -0.1) is 11.3 Å². The zero-order valence-corrected chi connectivity index (χ0v) is 17.1. The Morgan fingerprint density at radius 3 is 2.27 bits per heavy atom. The molecule has 1 saturated heterocycles. The molecule has 0 unspecified atom stereocenters. The van der Waals surface area contributed by atoms with Gasteiger partial charge in [0.2, 0.25) is 10.0 Å². The molecule has 0 atom stereocenters. The Morgan fingerprint density at radius 1 is 1.08 bits per heavy atom. The van der Waals surface area contributed by atoms with Crippen molar-refractivity contribution in [1.29, 1.82) is 0 Å². The van der Waals surface area contributed by atoms with Gasteiger partial charge in [-0.05, 0) is 39.3 Å². The van der Waals surface area contributed by atoms with Gasteiger partial charge < -0.3 is 4.90 Å². The molecular formula is C18H23N3O3S2. The summed E-state index contributed by atoms with van der Waals surface area (Å²) in [6, 6.07) is 5.36. The Balaban J connectivity index is 1.73. The summed E-state index contributed by atoms with van der Waals surface area (Å²) >= 11 is 1.39. The van der Waals surface area contributed by atoms with Gasteiger partial charge in [-0.3, -0.25) is 4.79 Å². The second kappa shape index (κ2) is 7.09. The average molecular weight is 394 g/mol. The Labute approximate surface area is 158 Å². The number of amides is 1. The molecule has 2 heterocycles. The van der Waals surface area contributed by atoms with E-state index in [0.717, 1.165) is 21.8 Å². The van der Waals surface area contributed by atoms with Crippen LogP contribution < -0.4 is 0 Å². The second-order valence-electron chi connectivity index (χ2n) is 6.61. The molecule has 6 nitrogen and oxygen atoms in total. The Morgan fingerprint density at radius 2 is 1.73 bits per heavy atom. The van der Waals surface area contributed by atoms with Crippen molar-refractivity contribution in [2.24, 2.45) is 0 Å². The van der Waals surface area contributed by atoms with Crippen molar-refractivity contribution in [3.63, 3.8) is 0 Å². The van der Waals surface area contributed by atoms with Gasteiger partial charge in [0.05, 0.1) is 15.6 Å². The van der Waals surface area contributed by atoms with Gasteiger partial charge in [-0.2, -0.15) is 4.31 Å². The van der Waals surface area contributed by atoms with Crippen LogP contribution in [0.25, 0.3) is 0 Å². The lowest BCUT2D eigenvalue weighted by Gasteiger charge is -2.34. The van der Waals surface area contributed by atoms with Gasteiger partial charge in [0.15, 0.2) is 0 Å². The number of aryl methyl sites for hydroxylation is 4. The van der Waals surface area contributed by atoms with Crippen molar-refractivity contribution >= 4 is 27.3 Å². The second-order valence-corrected chi connectivity index (χ2v) is 9.72. The molecule has 26 heavy (non-hydrogen) atoms. The minimum atomic E-state index is -3.54. The van der Waals surface area contributed by atoms with Crippen LogP contribution in [0.3, 0.4) is 0 Å². The molecule has 0 saturated carbocycles. The Bertz CT molecular complexity index is 943. The van der Waals surface area contributed by atoms with Gasteiger partial charge in [0.1, 0.15) is 4.88 Å². The van der Waals surface area contributed by atoms with Crippen LogP contribution >= 0.6 is 11.3 Å². The van der Waals surface area contributed by atoms with Gasteiger partial charge in [0.25, 0.3) is 5.91 Å². The largest absolute Gasteiger partial charge is 0.335 e. The van der Waals surface area contributed by atoms with Gasteiger partial charge in [0, 0.05) is 26.2 Å². The van der Waals surface area contributed by atoms with Gasteiger partial charge >= 0.3 is 0 Å². The third kappa shape index (κ3) is 3.54. The van der Waals surface area contributed by atoms with Crippen molar-refractivity contribution in [2.75, 3.05) is 26.2 Å². The van der Waals surface area contributed by atoms with E-state index in [4.69, 9.17) is 0 Å². The van der Waals surface area contributed by atoms with Crippen molar-refractivity contribution < 1.29 is 13.2 Å².